The van der Waals surface area contributed by atoms with Crippen LogP contribution in [0.5, 0.6) is 0 Å². The fourth-order valence-electron chi connectivity index (χ4n) is 1.19. The fourth-order valence-corrected chi connectivity index (χ4v) is 2.26. The summed E-state index contributed by atoms with van der Waals surface area (Å²) in [6.45, 7) is 3.78. The van der Waals surface area contributed by atoms with Crippen LogP contribution in [0.2, 0.25) is 0 Å². The zero-order valence-electron chi connectivity index (χ0n) is 8.32. The first-order chi connectivity index (χ1) is 6.53. The first-order valence-electron chi connectivity index (χ1n) is 4.40. The summed E-state index contributed by atoms with van der Waals surface area (Å²) < 4.78 is 0. The van der Waals surface area contributed by atoms with Crippen LogP contribution in [-0.2, 0) is 0 Å². The second-order valence-corrected chi connectivity index (χ2v) is 4.98. The maximum atomic E-state index is 8.76. The van der Waals surface area contributed by atoms with Crippen LogP contribution >= 0.6 is 11.8 Å². The smallest absolute Gasteiger partial charge is 0.165 e. The Labute approximate surface area is 87.9 Å². The number of rotatable bonds is 4. The lowest BCUT2D eigenvalue weighted by Crippen LogP contribution is -2.36. The summed E-state index contributed by atoms with van der Waals surface area (Å²) >= 11 is 1.59. The molecule has 1 aromatic heterocycles. The van der Waals surface area contributed by atoms with Gasteiger partial charge in [0.05, 0.1) is 6.07 Å². The van der Waals surface area contributed by atoms with Gasteiger partial charge in [-0.1, -0.05) is 18.7 Å². The molecule has 0 radical (unpaired) electrons. The highest BCUT2D eigenvalue weighted by atomic mass is 32.2. The van der Waals surface area contributed by atoms with Crippen molar-refractivity contribution in [3.8, 4) is 6.07 Å². The molecular formula is C9H14N4S. The number of hydrogen-bond donors (Lipinski definition) is 2. The third-order valence-electron chi connectivity index (χ3n) is 1.75. The minimum absolute atomic E-state index is 0.274. The lowest BCUT2D eigenvalue weighted by molar-refractivity contribution is 0.545. The average molecular weight is 210 g/mol. The molecule has 0 aliphatic heterocycles. The summed E-state index contributed by atoms with van der Waals surface area (Å²) in [7, 11) is 0. The molecule has 0 amide bonds. The van der Waals surface area contributed by atoms with Crippen molar-refractivity contribution >= 4 is 11.8 Å². The number of aromatic nitrogens is 2. The van der Waals surface area contributed by atoms with E-state index < -0.39 is 5.54 Å². The lowest BCUT2D eigenvalue weighted by Gasteiger charge is -2.19. The van der Waals surface area contributed by atoms with Gasteiger partial charge in [-0.15, -0.1) is 0 Å². The number of nitriles is 1. The molecule has 14 heavy (non-hydrogen) atoms. The third kappa shape index (κ3) is 3.40. The monoisotopic (exact) mass is 210 g/mol. The van der Waals surface area contributed by atoms with Crippen molar-refractivity contribution in [2.45, 2.75) is 36.2 Å². The van der Waals surface area contributed by atoms with Gasteiger partial charge in [0, 0.05) is 17.6 Å². The average Bonchev–Trinajstić information content (AvgIpc) is 2.55. The largest absolute Gasteiger partial charge is 0.340 e. The SMILES string of the molecule is CC(CC(C)(N)C#N)Sc1ncc[nH]1. The Hall–Kier alpha value is -0.990. The third-order valence-corrected chi connectivity index (χ3v) is 2.77. The van der Waals surface area contributed by atoms with Crippen LogP contribution in [0, 0.1) is 11.3 Å². The number of aromatic amines is 1. The molecule has 4 nitrogen and oxygen atoms in total. The molecule has 0 fully saturated rings. The molecule has 1 rings (SSSR count). The number of thioether (sulfide) groups is 1. The molecule has 2 unspecified atom stereocenters. The maximum absolute atomic E-state index is 8.76. The summed E-state index contributed by atoms with van der Waals surface area (Å²) in [5.74, 6) is 0. The van der Waals surface area contributed by atoms with Crippen molar-refractivity contribution < 1.29 is 0 Å². The van der Waals surface area contributed by atoms with E-state index in [1.807, 2.05) is 6.92 Å². The summed E-state index contributed by atoms with van der Waals surface area (Å²) in [4.78, 5) is 7.10. The first-order valence-corrected chi connectivity index (χ1v) is 5.27. The molecule has 0 saturated heterocycles. The lowest BCUT2D eigenvalue weighted by atomic mass is 10.00. The molecule has 5 heteroatoms. The van der Waals surface area contributed by atoms with Gasteiger partial charge in [0.1, 0.15) is 5.54 Å². The van der Waals surface area contributed by atoms with Crippen LogP contribution in [0.25, 0.3) is 0 Å². The number of hydrogen-bond acceptors (Lipinski definition) is 4. The van der Waals surface area contributed by atoms with E-state index >= 15 is 0 Å². The molecule has 1 aromatic rings. The molecule has 0 bridgehead atoms. The predicted octanol–water partition coefficient (Wildman–Crippen LogP) is 1.52. The highest BCUT2D eigenvalue weighted by Gasteiger charge is 2.21. The van der Waals surface area contributed by atoms with Gasteiger partial charge in [-0.25, -0.2) is 4.98 Å². The molecule has 0 aliphatic carbocycles. The summed E-state index contributed by atoms with van der Waals surface area (Å²) in [6, 6.07) is 2.09. The van der Waals surface area contributed by atoms with Gasteiger partial charge in [0.15, 0.2) is 5.16 Å². The second kappa shape index (κ2) is 4.49. The maximum Gasteiger partial charge on any atom is 0.165 e. The quantitative estimate of drug-likeness (QED) is 0.738. The number of imidazole rings is 1. The van der Waals surface area contributed by atoms with Crippen molar-refractivity contribution in [3.05, 3.63) is 12.4 Å². The van der Waals surface area contributed by atoms with E-state index in [0.29, 0.717) is 6.42 Å². The topological polar surface area (TPSA) is 78.5 Å². The Morgan fingerprint density at radius 3 is 3.07 bits per heavy atom. The minimum Gasteiger partial charge on any atom is -0.340 e. The van der Waals surface area contributed by atoms with Crippen LogP contribution in [0.4, 0.5) is 0 Å². The fraction of sp³-hybridized carbons (Fsp3) is 0.556. The van der Waals surface area contributed by atoms with Gasteiger partial charge < -0.3 is 10.7 Å². The van der Waals surface area contributed by atoms with Crippen LogP contribution in [0.3, 0.4) is 0 Å². The van der Waals surface area contributed by atoms with Crippen molar-refractivity contribution in [1.29, 1.82) is 5.26 Å². The van der Waals surface area contributed by atoms with Crippen LogP contribution in [0.15, 0.2) is 17.6 Å². The van der Waals surface area contributed by atoms with Gasteiger partial charge in [-0.3, -0.25) is 0 Å². The first kappa shape index (κ1) is 11.1. The zero-order chi connectivity index (χ0) is 10.6. The predicted molar refractivity (Wildman–Crippen MR) is 56.7 cm³/mol. The normalized spacial score (nSPS) is 17.0. The molecule has 0 aliphatic rings. The molecule has 76 valence electrons. The van der Waals surface area contributed by atoms with Crippen LogP contribution < -0.4 is 5.73 Å². The molecular weight excluding hydrogens is 196 g/mol. The summed E-state index contributed by atoms with van der Waals surface area (Å²) in [6.07, 6.45) is 4.14. The van der Waals surface area contributed by atoms with E-state index in [9.17, 15) is 0 Å². The van der Waals surface area contributed by atoms with Gasteiger partial charge in [0.25, 0.3) is 0 Å². The van der Waals surface area contributed by atoms with Crippen LogP contribution in [0.1, 0.15) is 20.3 Å². The van der Waals surface area contributed by atoms with E-state index in [-0.39, 0.29) is 5.25 Å². The van der Waals surface area contributed by atoms with E-state index in [2.05, 4.69) is 16.0 Å². The van der Waals surface area contributed by atoms with E-state index in [0.717, 1.165) is 5.16 Å². The van der Waals surface area contributed by atoms with Crippen molar-refractivity contribution in [1.82, 2.24) is 9.97 Å². The van der Waals surface area contributed by atoms with Gasteiger partial charge in [-0.05, 0) is 13.3 Å². The van der Waals surface area contributed by atoms with E-state index in [4.69, 9.17) is 11.0 Å². The highest BCUT2D eigenvalue weighted by molar-refractivity contribution is 7.99. The van der Waals surface area contributed by atoms with Crippen molar-refractivity contribution in [2.24, 2.45) is 5.73 Å². The molecule has 2 atom stereocenters. The molecule has 0 saturated carbocycles. The molecule has 0 spiro atoms. The number of nitrogens with zero attached hydrogens (tertiary/aromatic N) is 2. The number of H-pyrrole nitrogens is 1. The van der Waals surface area contributed by atoms with Crippen molar-refractivity contribution in [2.75, 3.05) is 0 Å². The van der Waals surface area contributed by atoms with Gasteiger partial charge in [0.2, 0.25) is 0 Å². The Morgan fingerprint density at radius 1 is 1.86 bits per heavy atom. The Kier molecular flexibility index (Phi) is 3.55. The Balaban J connectivity index is 2.45. The van der Waals surface area contributed by atoms with Crippen LogP contribution in [-0.4, -0.2) is 20.8 Å². The Bertz CT molecular complexity index is 312. The number of nitrogens with two attached hydrogens (primary N) is 1. The van der Waals surface area contributed by atoms with E-state index in [1.54, 1.807) is 31.1 Å². The molecule has 3 N–H and O–H groups in total. The van der Waals surface area contributed by atoms with E-state index in [1.165, 1.54) is 0 Å². The molecule has 0 aromatic carbocycles. The van der Waals surface area contributed by atoms with Gasteiger partial charge >= 0.3 is 0 Å². The zero-order valence-corrected chi connectivity index (χ0v) is 9.14. The summed E-state index contributed by atoms with van der Waals surface area (Å²) in [5.41, 5.74) is 4.99. The number of nitrogens with one attached hydrogen (secondary N) is 1. The standard InChI is InChI=1S/C9H14N4S/c1-7(5-9(2,11)6-10)14-8-12-3-4-13-8/h3-4,7H,5,11H2,1-2H3,(H,12,13). The Morgan fingerprint density at radius 2 is 2.57 bits per heavy atom. The highest BCUT2D eigenvalue weighted by Crippen LogP contribution is 2.24. The summed E-state index contributed by atoms with van der Waals surface area (Å²) in [5, 5.41) is 9.90. The minimum atomic E-state index is -0.751. The van der Waals surface area contributed by atoms with Gasteiger partial charge in [-0.2, -0.15) is 5.26 Å². The van der Waals surface area contributed by atoms with Crippen molar-refractivity contribution in [3.63, 3.8) is 0 Å². The second-order valence-electron chi connectivity index (χ2n) is 3.56. The molecule has 1 heterocycles.